The smallest absolute Gasteiger partial charge is 0.323 e. The summed E-state index contributed by atoms with van der Waals surface area (Å²) in [6, 6.07) is 3.58. The van der Waals surface area contributed by atoms with E-state index in [-0.39, 0.29) is 23.8 Å². The van der Waals surface area contributed by atoms with E-state index in [1.807, 2.05) is 13.8 Å². The molecule has 0 bridgehead atoms. The second-order valence-electron chi connectivity index (χ2n) is 4.82. The summed E-state index contributed by atoms with van der Waals surface area (Å²) in [5.41, 5.74) is 0.0226. The molecule has 0 aliphatic rings. The zero-order valence-corrected chi connectivity index (χ0v) is 11.7. The van der Waals surface area contributed by atoms with Crippen molar-refractivity contribution in [2.24, 2.45) is 5.92 Å². The van der Waals surface area contributed by atoms with E-state index in [4.69, 9.17) is 9.84 Å². The second-order valence-corrected chi connectivity index (χ2v) is 4.82. The number of benzene rings is 1. The van der Waals surface area contributed by atoms with E-state index in [1.54, 1.807) is 0 Å². The molecule has 5 nitrogen and oxygen atoms in total. The number of amides is 1. The van der Waals surface area contributed by atoms with Gasteiger partial charge in [0.05, 0.1) is 12.7 Å². The fourth-order valence-electron chi connectivity index (χ4n) is 1.84. The molecule has 0 aliphatic carbocycles. The van der Waals surface area contributed by atoms with Gasteiger partial charge in [0.2, 0.25) is 0 Å². The topological polar surface area (TPSA) is 66.8 Å². The van der Waals surface area contributed by atoms with Crippen molar-refractivity contribution < 1.29 is 23.8 Å². The molecule has 6 heteroatoms. The lowest BCUT2D eigenvalue weighted by molar-refractivity contribution is -0.137. The van der Waals surface area contributed by atoms with Crippen LogP contribution in [0.2, 0.25) is 0 Å². The normalized spacial score (nSPS) is 10.4. The number of hydrogen-bond acceptors (Lipinski definition) is 3. The first kappa shape index (κ1) is 15.9. The van der Waals surface area contributed by atoms with E-state index in [0.29, 0.717) is 0 Å². The van der Waals surface area contributed by atoms with Crippen LogP contribution in [0, 0.1) is 11.7 Å². The van der Waals surface area contributed by atoms with Crippen LogP contribution < -0.4 is 4.74 Å². The predicted molar refractivity (Wildman–Crippen MR) is 71.3 cm³/mol. The van der Waals surface area contributed by atoms with E-state index >= 15 is 0 Å². The van der Waals surface area contributed by atoms with Crippen molar-refractivity contribution in [1.29, 1.82) is 0 Å². The largest absolute Gasteiger partial charge is 0.496 e. The molecule has 0 heterocycles. The zero-order chi connectivity index (χ0) is 15.3. The fraction of sp³-hybridized carbons (Fsp3) is 0.429. The SMILES string of the molecule is COc1ccc(F)cc1C(=O)N(CC(=O)O)CC(C)C. The number of methoxy groups -OCH3 is 1. The van der Waals surface area contributed by atoms with Gasteiger partial charge in [-0.1, -0.05) is 13.8 Å². The van der Waals surface area contributed by atoms with Crippen molar-refractivity contribution in [2.75, 3.05) is 20.2 Å². The van der Waals surface area contributed by atoms with Crippen LogP contribution in [-0.4, -0.2) is 42.1 Å². The summed E-state index contributed by atoms with van der Waals surface area (Å²) in [5, 5.41) is 8.87. The first-order valence-corrected chi connectivity index (χ1v) is 6.19. The number of hydrogen-bond donors (Lipinski definition) is 1. The van der Waals surface area contributed by atoms with E-state index < -0.39 is 24.2 Å². The van der Waals surface area contributed by atoms with Crippen LogP contribution in [-0.2, 0) is 4.79 Å². The minimum Gasteiger partial charge on any atom is -0.496 e. The number of aliphatic carboxylic acids is 1. The van der Waals surface area contributed by atoms with E-state index in [9.17, 15) is 14.0 Å². The molecule has 1 aromatic carbocycles. The lowest BCUT2D eigenvalue weighted by atomic mass is 10.1. The molecule has 20 heavy (non-hydrogen) atoms. The van der Waals surface area contributed by atoms with Gasteiger partial charge in [0.1, 0.15) is 18.1 Å². The Hall–Kier alpha value is -2.11. The van der Waals surface area contributed by atoms with Gasteiger partial charge in [0.15, 0.2) is 0 Å². The Morgan fingerprint density at radius 2 is 2.05 bits per heavy atom. The van der Waals surface area contributed by atoms with Crippen LogP contribution in [0.15, 0.2) is 18.2 Å². The van der Waals surface area contributed by atoms with Crippen molar-refractivity contribution in [3.63, 3.8) is 0 Å². The summed E-state index contributed by atoms with van der Waals surface area (Å²) < 4.78 is 18.3. The summed E-state index contributed by atoms with van der Waals surface area (Å²) in [4.78, 5) is 24.4. The molecule has 0 aliphatic heterocycles. The molecule has 1 aromatic rings. The van der Waals surface area contributed by atoms with Crippen molar-refractivity contribution in [1.82, 2.24) is 4.90 Å². The van der Waals surface area contributed by atoms with Crippen molar-refractivity contribution in [2.45, 2.75) is 13.8 Å². The third-order valence-corrected chi connectivity index (χ3v) is 2.59. The Bertz CT molecular complexity index is 502. The highest BCUT2D eigenvalue weighted by molar-refractivity contribution is 5.98. The van der Waals surface area contributed by atoms with Gasteiger partial charge < -0.3 is 14.7 Å². The number of carboxylic acid groups (broad SMARTS) is 1. The quantitative estimate of drug-likeness (QED) is 0.867. The van der Waals surface area contributed by atoms with E-state index in [1.165, 1.54) is 24.1 Å². The predicted octanol–water partition coefficient (Wildman–Crippen LogP) is 2.02. The highest BCUT2D eigenvalue weighted by Crippen LogP contribution is 2.21. The number of nitrogens with zero attached hydrogens (tertiary/aromatic N) is 1. The maximum absolute atomic E-state index is 13.3. The first-order valence-electron chi connectivity index (χ1n) is 6.19. The number of carboxylic acids is 1. The summed E-state index contributed by atoms with van der Waals surface area (Å²) in [6.45, 7) is 3.57. The number of ether oxygens (including phenoxy) is 1. The van der Waals surface area contributed by atoms with Gasteiger partial charge >= 0.3 is 5.97 Å². The lowest BCUT2D eigenvalue weighted by Crippen LogP contribution is -2.38. The van der Waals surface area contributed by atoms with Gasteiger partial charge in [-0.05, 0) is 24.1 Å². The minimum absolute atomic E-state index is 0.0226. The van der Waals surface area contributed by atoms with Crippen LogP contribution in [0.25, 0.3) is 0 Å². The molecule has 0 saturated heterocycles. The number of carbonyl (C=O) groups is 2. The average molecular weight is 283 g/mol. The van der Waals surface area contributed by atoms with Crippen molar-refractivity contribution in [3.05, 3.63) is 29.6 Å². The van der Waals surface area contributed by atoms with Crippen LogP contribution in [0.1, 0.15) is 24.2 Å². The maximum atomic E-state index is 13.3. The van der Waals surface area contributed by atoms with Gasteiger partial charge in [-0.25, -0.2) is 4.39 Å². The van der Waals surface area contributed by atoms with Crippen LogP contribution in [0.4, 0.5) is 4.39 Å². The molecule has 1 N–H and O–H groups in total. The second kappa shape index (κ2) is 6.88. The number of carbonyl (C=O) groups excluding carboxylic acids is 1. The maximum Gasteiger partial charge on any atom is 0.323 e. The van der Waals surface area contributed by atoms with Crippen LogP contribution in [0.5, 0.6) is 5.75 Å². The number of halogens is 1. The standard InChI is InChI=1S/C14H18FNO4/c1-9(2)7-16(8-13(17)18)14(19)11-6-10(15)4-5-12(11)20-3/h4-6,9H,7-8H2,1-3H3,(H,17,18). The Labute approximate surface area is 117 Å². The third-order valence-electron chi connectivity index (χ3n) is 2.59. The average Bonchev–Trinajstić information content (AvgIpc) is 2.36. The Balaban J connectivity index is 3.10. The minimum atomic E-state index is -1.12. The van der Waals surface area contributed by atoms with Gasteiger partial charge in [0, 0.05) is 6.54 Å². The fourth-order valence-corrected chi connectivity index (χ4v) is 1.84. The van der Waals surface area contributed by atoms with Crippen LogP contribution in [0.3, 0.4) is 0 Å². The van der Waals surface area contributed by atoms with E-state index in [2.05, 4.69) is 0 Å². The van der Waals surface area contributed by atoms with E-state index in [0.717, 1.165) is 6.07 Å². The molecule has 0 spiro atoms. The van der Waals surface area contributed by atoms with Crippen molar-refractivity contribution >= 4 is 11.9 Å². The molecule has 0 unspecified atom stereocenters. The third kappa shape index (κ3) is 4.22. The molecule has 0 saturated carbocycles. The molecular formula is C14H18FNO4. The summed E-state index contributed by atoms with van der Waals surface area (Å²) in [7, 11) is 1.37. The first-order chi connectivity index (χ1) is 9.35. The molecule has 0 fully saturated rings. The van der Waals surface area contributed by atoms with Gasteiger partial charge in [-0.15, -0.1) is 0 Å². The molecule has 1 amide bonds. The molecule has 1 rings (SSSR count). The summed E-state index contributed by atoms with van der Waals surface area (Å²) >= 11 is 0. The molecular weight excluding hydrogens is 265 g/mol. The monoisotopic (exact) mass is 283 g/mol. The zero-order valence-electron chi connectivity index (χ0n) is 11.7. The Kier molecular flexibility index (Phi) is 5.49. The molecule has 0 aromatic heterocycles. The number of rotatable bonds is 6. The summed E-state index contributed by atoms with van der Waals surface area (Å²) in [5.74, 6) is -1.94. The molecule has 110 valence electrons. The highest BCUT2D eigenvalue weighted by Gasteiger charge is 2.23. The van der Waals surface area contributed by atoms with Crippen LogP contribution >= 0.6 is 0 Å². The molecule has 0 atom stereocenters. The Morgan fingerprint density at radius 1 is 1.40 bits per heavy atom. The Morgan fingerprint density at radius 3 is 2.55 bits per heavy atom. The highest BCUT2D eigenvalue weighted by atomic mass is 19.1. The van der Waals surface area contributed by atoms with Gasteiger partial charge in [0.25, 0.3) is 5.91 Å². The molecule has 0 radical (unpaired) electrons. The lowest BCUT2D eigenvalue weighted by Gasteiger charge is -2.23. The van der Waals surface area contributed by atoms with Gasteiger partial charge in [-0.2, -0.15) is 0 Å². The summed E-state index contributed by atoms with van der Waals surface area (Å²) in [6.07, 6.45) is 0. The van der Waals surface area contributed by atoms with Gasteiger partial charge in [-0.3, -0.25) is 9.59 Å². The van der Waals surface area contributed by atoms with Crippen molar-refractivity contribution in [3.8, 4) is 5.75 Å².